The van der Waals surface area contributed by atoms with E-state index < -0.39 is 0 Å². The van der Waals surface area contributed by atoms with Crippen LogP contribution in [-0.2, 0) is 4.79 Å². The molecule has 21 heavy (non-hydrogen) atoms. The van der Waals surface area contributed by atoms with E-state index in [0.29, 0.717) is 6.61 Å². The lowest BCUT2D eigenvalue weighted by Gasteiger charge is -2.12. The molecule has 4 nitrogen and oxygen atoms in total. The van der Waals surface area contributed by atoms with E-state index in [1.165, 1.54) is 0 Å². The van der Waals surface area contributed by atoms with Gasteiger partial charge in [0.15, 0.2) is 0 Å². The molecule has 0 aliphatic carbocycles. The molecular formula is C16H17IN2O2. The summed E-state index contributed by atoms with van der Waals surface area (Å²) >= 11 is 2.19. The Morgan fingerprint density at radius 1 is 1.10 bits per heavy atom. The number of benzene rings is 2. The summed E-state index contributed by atoms with van der Waals surface area (Å²) in [4.78, 5) is 12.0. The van der Waals surface area contributed by atoms with Crippen LogP contribution in [0.4, 0.5) is 11.4 Å². The van der Waals surface area contributed by atoms with E-state index >= 15 is 0 Å². The molecule has 2 N–H and O–H groups in total. The highest BCUT2D eigenvalue weighted by molar-refractivity contribution is 14.1. The maximum absolute atomic E-state index is 12.0. The molecule has 0 unspecified atom stereocenters. The van der Waals surface area contributed by atoms with Gasteiger partial charge in [-0.15, -0.1) is 0 Å². The molecule has 2 aromatic rings. The monoisotopic (exact) mass is 396 g/mol. The first-order valence-corrected chi connectivity index (χ1v) is 7.78. The van der Waals surface area contributed by atoms with Gasteiger partial charge in [-0.25, -0.2) is 0 Å². The molecule has 0 bridgehead atoms. The van der Waals surface area contributed by atoms with Crippen molar-refractivity contribution in [2.75, 3.05) is 23.8 Å². The van der Waals surface area contributed by atoms with Crippen molar-refractivity contribution >= 4 is 39.9 Å². The number of nitrogens with one attached hydrogen (secondary N) is 2. The van der Waals surface area contributed by atoms with Crippen LogP contribution in [0.5, 0.6) is 5.75 Å². The Bertz CT molecular complexity index is 617. The van der Waals surface area contributed by atoms with E-state index in [2.05, 4.69) is 33.2 Å². The Labute approximate surface area is 138 Å². The van der Waals surface area contributed by atoms with E-state index in [9.17, 15) is 4.79 Å². The first kappa shape index (κ1) is 15.6. The molecule has 0 heterocycles. The molecule has 1 amide bonds. The standard InChI is InChI=1S/C16H17IN2O2/c1-2-21-15-10-6-5-9-14(15)18-11-16(20)19-13-8-4-3-7-12(13)17/h3-10,18H,2,11H2,1H3,(H,19,20). The Balaban J connectivity index is 1.94. The maximum atomic E-state index is 12.0. The highest BCUT2D eigenvalue weighted by Gasteiger charge is 2.07. The number of rotatable bonds is 6. The van der Waals surface area contributed by atoms with Crippen molar-refractivity contribution in [3.8, 4) is 5.75 Å². The Hall–Kier alpha value is -1.76. The third-order valence-corrected chi connectivity index (χ3v) is 3.71. The van der Waals surface area contributed by atoms with Crippen molar-refractivity contribution in [2.24, 2.45) is 0 Å². The number of amides is 1. The quantitative estimate of drug-likeness (QED) is 0.732. The van der Waals surface area contributed by atoms with Gasteiger partial charge in [0.25, 0.3) is 0 Å². The summed E-state index contributed by atoms with van der Waals surface area (Å²) in [5.41, 5.74) is 1.64. The molecule has 0 saturated carbocycles. The number of ether oxygens (including phenoxy) is 1. The minimum Gasteiger partial charge on any atom is -0.492 e. The summed E-state index contributed by atoms with van der Waals surface area (Å²) in [5.74, 6) is 0.660. The number of hydrogen-bond donors (Lipinski definition) is 2. The van der Waals surface area contributed by atoms with Crippen molar-refractivity contribution in [2.45, 2.75) is 6.92 Å². The van der Waals surface area contributed by atoms with Crippen LogP contribution < -0.4 is 15.4 Å². The summed E-state index contributed by atoms with van der Waals surface area (Å²) < 4.78 is 6.52. The van der Waals surface area contributed by atoms with Crippen LogP contribution in [0.15, 0.2) is 48.5 Å². The number of halogens is 1. The molecule has 2 rings (SSSR count). The van der Waals surface area contributed by atoms with Gasteiger partial charge in [0.1, 0.15) is 5.75 Å². The normalized spacial score (nSPS) is 10.0. The zero-order valence-corrected chi connectivity index (χ0v) is 13.9. The first-order chi connectivity index (χ1) is 10.2. The van der Waals surface area contributed by atoms with E-state index in [-0.39, 0.29) is 12.5 Å². The highest BCUT2D eigenvalue weighted by atomic mass is 127. The molecule has 110 valence electrons. The average Bonchev–Trinajstić information content (AvgIpc) is 2.49. The molecular weight excluding hydrogens is 379 g/mol. The number of anilines is 2. The second kappa shape index (κ2) is 7.87. The molecule has 5 heteroatoms. The summed E-state index contributed by atoms with van der Waals surface area (Å²) in [6.07, 6.45) is 0. The second-order valence-electron chi connectivity index (χ2n) is 4.31. The van der Waals surface area contributed by atoms with Crippen molar-refractivity contribution < 1.29 is 9.53 Å². The lowest BCUT2D eigenvalue weighted by molar-refractivity contribution is -0.114. The number of carbonyl (C=O) groups is 1. The van der Waals surface area contributed by atoms with Gasteiger partial charge in [-0.2, -0.15) is 0 Å². The molecule has 0 atom stereocenters. The van der Waals surface area contributed by atoms with Crippen LogP contribution in [-0.4, -0.2) is 19.1 Å². The van der Waals surface area contributed by atoms with Gasteiger partial charge in [-0.05, 0) is 53.8 Å². The van der Waals surface area contributed by atoms with Crippen molar-refractivity contribution in [3.63, 3.8) is 0 Å². The summed E-state index contributed by atoms with van der Waals surface area (Å²) in [6.45, 7) is 2.71. The van der Waals surface area contributed by atoms with E-state index in [0.717, 1.165) is 20.7 Å². The van der Waals surface area contributed by atoms with Crippen molar-refractivity contribution in [1.29, 1.82) is 0 Å². The SMILES string of the molecule is CCOc1ccccc1NCC(=O)Nc1ccccc1I. The van der Waals surface area contributed by atoms with Gasteiger partial charge in [0.05, 0.1) is 24.5 Å². The van der Waals surface area contributed by atoms with Crippen LogP contribution in [0.1, 0.15) is 6.92 Å². The third kappa shape index (κ3) is 4.63. The fraction of sp³-hybridized carbons (Fsp3) is 0.188. The summed E-state index contributed by atoms with van der Waals surface area (Å²) in [6, 6.07) is 15.3. The number of hydrogen-bond acceptors (Lipinski definition) is 3. The smallest absolute Gasteiger partial charge is 0.243 e. The van der Waals surface area contributed by atoms with Gasteiger partial charge < -0.3 is 15.4 Å². The van der Waals surface area contributed by atoms with Crippen molar-refractivity contribution in [3.05, 3.63) is 52.1 Å². The lowest BCUT2D eigenvalue weighted by atomic mass is 10.3. The number of para-hydroxylation sites is 3. The molecule has 0 spiro atoms. The van der Waals surface area contributed by atoms with Gasteiger partial charge in [0.2, 0.25) is 5.91 Å². The number of carbonyl (C=O) groups excluding carboxylic acids is 1. The van der Waals surface area contributed by atoms with E-state index in [1.54, 1.807) is 0 Å². The molecule has 0 radical (unpaired) electrons. The maximum Gasteiger partial charge on any atom is 0.243 e. The van der Waals surface area contributed by atoms with Gasteiger partial charge >= 0.3 is 0 Å². The lowest BCUT2D eigenvalue weighted by Crippen LogP contribution is -2.22. The fourth-order valence-electron chi connectivity index (χ4n) is 1.83. The minimum atomic E-state index is -0.0922. The van der Waals surface area contributed by atoms with E-state index in [4.69, 9.17) is 4.74 Å². The zero-order chi connectivity index (χ0) is 15.1. The third-order valence-electron chi connectivity index (χ3n) is 2.77. The minimum absolute atomic E-state index is 0.0922. The Morgan fingerprint density at radius 3 is 2.48 bits per heavy atom. The van der Waals surface area contributed by atoms with E-state index in [1.807, 2.05) is 55.5 Å². The molecule has 0 aliphatic rings. The van der Waals surface area contributed by atoms with Gasteiger partial charge in [0, 0.05) is 3.57 Å². The van der Waals surface area contributed by atoms with Crippen LogP contribution in [0, 0.1) is 3.57 Å². The topological polar surface area (TPSA) is 50.4 Å². The predicted molar refractivity (Wildman–Crippen MR) is 93.9 cm³/mol. The highest BCUT2D eigenvalue weighted by Crippen LogP contribution is 2.23. The zero-order valence-electron chi connectivity index (χ0n) is 11.7. The molecule has 0 aromatic heterocycles. The average molecular weight is 396 g/mol. The molecule has 0 aliphatic heterocycles. The Morgan fingerprint density at radius 2 is 1.76 bits per heavy atom. The predicted octanol–water partition coefficient (Wildman–Crippen LogP) is 3.74. The molecule has 2 aromatic carbocycles. The van der Waals surface area contributed by atoms with Crippen LogP contribution in [0.25, 0.3) is 0 Å². The molecule has 0 saturated heterocycles. The van der Waals surface area contributed by atoms with Gasteiger partial charge in [-0.3, -0.25) is 4.79 Å². The molecule has 0 fully saturated rings. The van der Waals surface area contributed by atoms with Crippen LogP contribution in [0.2, 0.25) is 0 Å². The van der Waals surface area contributed by atoms with Crippen LogP contribution >= 0.6 is 22.6 Å². The second-order valence-corrected chi connectivity index (χ2v) is 5.47. The summed E-state index contributed by atoms with van der Waals surface area (Å²) in [7, 11) is 0. The van der Waals surface area contributed by atoms with Crippen LogP contribution in [0.3, 0.4) is 0 Å². The van der Waals surface area contributed by atoms with Crippen molar-refractivity contribution in [1.82, 2.24) is 0 Å². The first-order valence-electron chi connectivity index (χ1n) is 6.70. The fourth-order valence-corrected chi connectivity index (χ4v) is 2.35. The largest absolute Gasteiger partial charge is 0.492 e. The van der Waals surface area contributed by atoms with Gasteiger partial charge in [-0.1, -0.05) is 24.3 Å². The Kier molecular flexibility index (Phi) is 5.86. The summed E-state index contributed by atoms with van der Waals surface area (Å²) in [5, 5.41) is 5.98.